The van der Waals surface area contributed by atoms with Crippen molar-refractivity contribution in [2.45, 2.75) is 69.2 Å². The van der Waals surface area contributed by atoms with Crippen LogP contribution in [0.1, 0.15) is 38.5 Å². The van der Waals surface area contributed by atoms with E-state index in [1.54, 1.807) is 4.90 Å². The number of piperidine rings is 2. The van der Waals surface area contributed by atoms with Crippen molar-refractivity contribution in [3.63, 3.8) is 0 Å². The Kier molecular flexibility index (Phi) is 6.15. The van der Waals surface area contributed by atoms with E-state index in [0.717, 1.165) is 6.04 Å². The van der Waals surface area contributed by atoms with Crippen molar-refractivity contribution < 1.29 is 15.1 Å². The lowest BCUT2D eigenvalue weighted by molar-refractivity contribution is -0.885. The maximum atomic E-state index is 6.09. The van der Waals surface area contributed by atoms with Crippen molar-refractivity contribution in [2.75, 3.05) is 47.3 Å². The van der Waals surface area contributed by atoms with Gasteiger partial charge in [0.05, 0.1) is 38.9 Å². The second kappa shape index (κ2) is 8.39. The molecule has 0 saturated carbocycles. The number of hydrogen-bond acceptors (Lipinski definition) is 5. The highest BCUT2D eigenvalue weighted by Gasteiger charge is 2.43. The second-order valence-electron chi connectivity index (χ2n) is 9.28. The fourth-order valence-corrected chi connectivity index (χ4v) is 5.56. The van der Waals surface area contributed by atoms with Crippen molar-refractivity contribution in [2.24, 2.45) is 5.92 Å². The normalized spacial score (nSPS) is 45.5. The summed E-state index contributed by atoms with van der Waals surface area (Å²) in [4.78, 5) is 12.9. The molecule has 5 atom stereocenters. The van der Waals surface area contributed by atoms with Gasteiger partial charge in [-0.25, -0.2) is 0 Å². The third-order valence-electron chi connectivity index (χ3n) is 7.31. The van der Waals surface area contributed by atoms with Gasteiger partial charge in [-0.15, -0.1) is 0 Å². The van der Waals surface area contributed by atoms with E-state index in [4.69, 9.17) is 4.84 Å². The molecule has 4 aliphatic rings. The molecule has 0 aromatic carbocycles. The molecule has 4 aliphatic heterocycles. The first-order valence-corrected chi connectivity index (χ1v) is 10.9. The Labute approximate surface area is 158 Å². The third kappa shape index (κ3) is 4.09. The zero-order chi connectivity index (χ0) is 18.1. The van der Waals surface area contributed by atoms with Crippen LogP contribution in [-0.4, -0.2) is 87.8 Å². The number of hydrogen-bond donors (Lipinski definition) is 4. The molecule has 5 N–H and O–H groups in total. The van der Waals surface area contributed by atoms with E-state index in [1.165, 1.54) is 64.7 Å². The van der Waals surface area contributed by atoms with Crippen LogP contribution in [0.2, 0.25) is 0 Å². The summed E-state index contributed by atoms with van der Waals surface area (Å²) in [7, 11) is 6.70. The monoisotopic (exact) mass is 368 g/mol. The number of nitrogens with two attached hydrogens (primary N) is 1. The molecule has 0 aliphatic carbocycles. The predicted molar refractivity (Wildman–Crippen MR) is 101 cm³/mol. The van der Waals surface area contributed by atoms with E-state index in [2.05, 4.69) is 47.1 Å². The molecule has 0 bridgehead atoms. The molecule has 26 heavy (non-hydrogen) atoms. The summed E-state index contributed by atoms with van der Waals surface area (Å²) in [5.74, 6) is 0.651. The van der Waals surface area contributed by atoms with Gasteiger partial charge in [-0.1, -0.05) is 0 Å². The zero-order valence-electron chi connectivity index (χ0n) is 16.9. The standard InChI is InChI=1S/C19H38N6O/c1-23(2)17-7-6-14(13-20-17)18-21-19(26-22-18)16-5-4-10-25(16)15-8-11-24(3)12-9-15/h14-22H,4-13H2,1-3H3/p+2/t14?,16-,17?,18?,19?/m0/s1. The number of nitrogens with zero attached hydrogens (tertiary/aromatic N) is 2. The van der Waals surface area contributed by atoms with Crippen molar-refractivity contribution in [1.29, 1.82) is 0 Å². The summed E-state index contributed by atoms with van der Waals surface area (Å²) in [5.41, 5.74) is 3.35. The van der Waals surface area contributed by atoms with Gasteiger partial charge in [0.25, 0.3) is 0 Å². The molecule has 7 nitrogen and oxygen atoms in total. The van der Waals surface area contributed by atoms with Crippen LogP contribution in [0.3, 0.4) is 0 Å². The van der Waals surface area contributed by atoms with Gasteiger partial charge in [-0.2, -0.15) is 5.48 Å². The molecule has 4 fully saturated rings. The van der Waals surface area contributed by atoms with Gasteiger partial charge in [0.1, 0.15) is 12.4 Å². The van der Waals surface area contributed by atoms with Crippen LogP contribution in [-0.2, 0) is 4.84 Å². The Morgan fingerprint density at radius 1 is 1.12 bits per heavy atom. The minimum absolute atomic E-state index is 0.154. The van der Waals surface area contributed by atoms with Crippen LogP contribution in [0.4, 0.5) is 0 Å². The SMILES string of the molecule is CN(C)C1CCC(C2NOC([C@@H]3CCCN3C3CC[NH+](C)CC3)N2)C[NH2+]1. The maximum absolute atomic E-state index is 6.09. The Hall–Kier alpha value is -0.280. The van der Waals surface area contributed by atoms with E-state index in [1.807, 2.05) is 0 Å². The smallest absolute Gasteiger partial charge is 0.146 e. The van der Waals surface area contributed by atoms with Crippen LogP contribution in [0.5, 0.6) is 0 Å². The topological polar surface area (TPSA) is 60.8 Å². The first kappa shape index (κ1) is 19.1. The van der Waals surface area contributed by atoms with Gasteiger partial charge in [-0.3, -0.25) is 20.0 Å². The lowest BCUT2D eigenvalue weighted by atomic mass is 9.94. The van der Waals surface area contributed by atoms with Gasteiger partial charge in [0.2, 0.25) is 0 Å². The zero-order valence-corrected chi connectivity index (χ0v) is 16.9. The first-order chi connectivity index (χ1) is 12.6. The molecule has 0 aromatic rings. The minimum Gasteiger partial charge on any atom is -0.337 e. The van der Waals surface area contributed by atoms with E-state index in [9.17, 15) is 0 Å². The first-order valence-electron chi connectivity index (χ1n) is 10.9. The average molecular weight is 369 g/mol. The Bertz CT molecular complexity index is 447. The van der Waals surface area contributed by atoms with Crippen molar-refractivity contribution in [3.8, 4) is 0 Å². The quantitative estimate of drug-likeness (QED) is 0.452. The molecule has 4 unspecified atom stereocenters. The third-order valence-corrected chi connectivity index (χ3v) is 7.31. The number of nitrogens with one attached hydrogen (secondary N) is 3. The van der Waals surface area contributed by atoms with E-state index < -0.39 is 0 Å². The second-order valence-corrected chi connectivity index (χ2v) is 9.28. The van der Waals surface area contributed by atoms with E-state index in [0.29, 0.717) is 24.3 Å². The van der Waals surface area contributed by atoms with Gasteiger partial charge >= 0.3 is 0 Å². The average Bonchev–Trinajstić information content (AvgIpc) is 3.32. The molecule has 150 valence electrons. The number of quaternary nitrogens is 2. The van der Waals surface area contributed by atoms with Crippen LogP contribution in [0.15, 0.2) is 0 Å². The largest absolute Gasteiger partial charge is 0.337 e. The van der Waals surface area contributed by atoms with Crippen LogP contribution in [0.25, 0.3) is 0 Å². The van der Waals surface area contributed by atoms with Gasteiger partial charge in [0, 0.05) is 31.2 Å². The number of likely N-dealkylation sites (tertiary alicyclic amines) is 2. The lowest BCUT2D eigenvalue weighted by Crippen LogP contribution is -3.10. The molecule has 0 radical (unpaired) electrons. The molecule has 4 rings (SSSR count). The van der Waals surface area contributed by atoms with Crippen LogP contribution in [0, 0.1) is 5.92 Å². The van der Waals surface area contributed by atoms with Crippen LogP contribution >= 0.6 is 0 Å². The molecular weight excluding hydrogens is 328 g/mol. The van der Waals surface area contributed by atoms with E-state index >= 15 is 0 Å². The summed E-state index contributed by atoms with van der Waals surface area (Å²) < 4.78 is 0. The van der Waals surface area contributed by atoms with Gasteiger partial charge in [0.15, 0.2) is 0 Å². The molecule has 7 heteroatoms. The van der Waals surface area contributed by atoms with Gasteiger partial charge < -0.3 is 10.2 Å². The Morgan fingerprint density at radius 3 is 2.62 bits per heavy atom. The predicted octanol–water partition coefficient (Wildman–Crippen LogP) is -2.23. The van der Waals surface area contributed by atoms with Crippen molar-refractivity contribution >= 4 is 0 Å². The molecule has 0 amide bonds. The summed E-state index contributed by atoms with van der Waals surface area (Å²) >= 11 is 0. The fraction of sp³-hybridized carbons (Fsp3) is 1.00. The highest BCUT2D eigenvalue weighted by Crippen LogP contribution is 2.28. The highest BCUT2D eigenvalue weighted by molar-refractivity contribution is 4.93. The molecule has 0 spiro atoms. The maximum Gasteiger partial charge on any atom is 0.146 e. The fourth-order valence-electron chi connectivity index (χ4n) is 5.56. The molecule has 4 saturated heterocycles. The van der Waals surface area contributed by atoms with Gasteiger partial charge in [-0.05, 0) is 39.9 Å². The Balaban J connectivity index is 1.29. The summed E-state index contributed by atoms with van der Waals surface area (Å²) in [6.07, 6.45) is 8.90. The Morgan fingerprint density at radius 2 is 1.92 bits per heavy atom. The van der Waals surface area contributed by atoms with Crippen LogP contribution < -0.4 is 21.0 Å². The minimum atomic E-state index is 0.154. The lowest BCUT2D eigenvalue weighted by Gasteiger charge is -2.38. The number of rotatable bonds is 4. The summed E-state index contributed by atoms with van der Waals surface area (Å²) in [5, 5.41) is 6.30. The van der Waals surface area contributed by atoms with Crippen molar-refractivity contribution in [1.82, 2.24) is 20.6 Å². The summed E-state index contributed by atoms with van der Waals surface area (Å²) in [6, 6.07) is 1.30. The molecule has 0 aromatic heterocycles. The number of hydroxylamine groups is 1. The van der Waals surface area contributed by atoms with Crippen molar-refractivity contribution in [3.05, 3.63) is 0 Å². The summed E-state index contributed by atoms with van der Waals surface area (Å²) in [6.45, 7) is 5.06. The molecule has 4 heterocycles. The molecular formula is C19H40N6O+2. The highest BCUT2D eigenvalue weighted by atomic mass is 16.7. The van der Waals surface area contributed by atoms with E-state index in [-0.39, 0.29) is 6.23 Å².